The van der Waals surface area contributed by atoms with E-state index >= 15 is 0 Å². The molecule has 102 valence electrons. The van der Waals surface area contributed by atoms with E-state index in [0.717, 1.165) is 27.4 Å². The second-order valence-electron chi connectivity index (χ2n) is 4.89. The molecule has 4 N–H and O–H groups in total. The summed E-state index contributed by atoms with van der Waals surface area (Å²) in [7, 11) is 0. The number of carboxylic acids is 1. The quantitative estimate of drug-likeness (QED) is 0.678. The molecule has 5 nitrogen and oxygen atoms in total. The first kappa shape index (κ1) is 12.6. The molecule has 0 radical (unpaired) electrons. The van der Waals surface area contributed by atoms with Crippen LogP contribution in [-0.4, -0.2) is 21.0 Å². The van der Waals surface area contributed by atoms with Crippen molar-refractivity contribution in [3.05, 3.63) is 42.2 Å². The summed E-state index contributed by atoms with van der Waals surface area (Å²) in [5.74, 6) is -0.820. The first-order valence-corrected chi connectivity index (χ1v) is 6.48. The van der Waals surface area contributed by atoms with Gasteiger partial charge in [0, 0.05) is 34.9 Å². The monoisotopic (exact) mass is 269 g/mol. The summed E-state index contributed by atoms with van der Waals surface area (Å²) in [6, 6.07) is 7.65. The summed E-state index contributed by atoms with van der Waals surface area (Å²) < 4.78 is 0. The van der Waals surface area contributed by atoms with Gasteiger partial charge < -0.3 is 15.8 Å². The number of carbonyl (C=O) groups is 1. The van der Waals surface area contributed by atoms with E-state index < -0.39 is 5.97 Å². The summed E-state index contributed by atoms with van der Waals surface area (Å²) in [5, 5.41) is 10.9. The Morgan fingerprint density at radius 1 is 1.30 bits per heavy atom. The molecule has 0 aliphatic carbocycles. The zero-order chi connectivity index (χ0) is 14.1. The number of fused-ring (bicyclic) bond motifs is 3. The van der Waals surface area contributed by atoms with Crippen molar-refractivity contribution < 1.29 is 9.90 Å². The molecule has 1 atom stereocenters. The molecule has 2 aromatic heterocycles. The molecule has 0 aliphatic rings. The predicted molar refractivity (Wildman–Crippen MR) is 77.4 cm³/mol. The van der Waals surface area contributed by atoms with E-state index in [2.05, 4.69) is 9.97 Å². The van der Waals surface area contributed by atoms with Crippen LogP contribution in [0.15, 0.2) is 36.7 Å². The molecule has 3 rings (SSSR count). The predicted octanol–water partition coefficient (Wildman–Crippen LogP) is 2.58. The van der Waals surface area contributed by atoms with Crippen LogP contribution in [0.4, 0.5) is 0 Å². The standard InChI is InChI=1S/C15H15N3O2/c16-12(2-4-15(19)20)9-1-3-13-11(7-9)10-5-6-17-8-14(10)18-13/h1,3,5-8,12,18H,2,4,16H2,(H,19,20). The van der Waals surface area contributed by atoms with Gasteiger partial charge in [-0.05, 0) is 30.2 Å². The Labute approximate surface area is 115 Å². The molecule has 3 aromatic rings. The smallest absolute Gasteiger partial charge is 0.303 e. The lowest BCUT2D eigenvalue weighted by Crippen LogP contribution is -2.12. The minimum atomic E-state index is -0.820. The van der Waals surface area contributed by atoms with Crippen LogP contribution in [0.1, 0.15) is 24.4 Å². The van der Waals surface area contributed by atoms with Crippen LogP contribution in [0.3, 0.4) is 0 Å². The number of pyridine rings is 1. The van der Waals surface area contributed by atoms with Gasteiger partial charge in [-0.2, -0.15) is 0 Å². The van der Waals surface area contributed by atoms with E-state index in [-0.39, 0.29) is 12.5 Å². The van der Waals surface area contributed by atoms with Crippen LogP contribution in [-0.2, 0) is 4.79 Å². The third-order valence-electron chi connectivity index (χ3n) is 3.52. The summed E-state index contributed by atoms with van der Waals surface area (Å²) in [5.41, 5.74) is 9.03. The Morgan fingerprint density at radius 3 is 2.95 bits per heavy atom. The van der Waals surface area contributed by atoms with Gasteiger partial charge in [-0.25, -0.2) is 0 Å². The van der Waals surface area contributed by atoms with Crippen LogP contribution in [0.5, 0.6) is 0 Å². The Bertz CT molecular complexity index is 779. The topological polar surface area (TPSA) is 92.0 Å². The van der Waals surface area contributed by atoms with Gasteiger partial charge in [0.2, 0.25) is 0 Å². The molecule has 0 fully saturated rings. The number of aromatic nitrogens is 2. The Balaban J connectivity index is 2.01. The van der Waals surface area contributed by atoms with Gasteiger partial charge in [-0.3, -0.25) is 9.78 Å². The maximum Gasteiger partial charge on any atom is 0.303 e. The number of H-pyrrole nitrogens is 1. The number of aromatic amines is 1. The molecule has 0 spiro atoms. The van der Waals surface area contributed by atoms with Gasteiger partial charge in [0.25, 0.3) is 0 Å². The van der Waals surface area contributed by atoms with Crippen LogP contribution >= 0.6 is 0 Å². The van der Waals surface area contributed by atoms with Gasteiger partial charge in [0.05, 0.1) is 11.7 Å². The maximum absolute atomic E-state index is 10.6. The Kier molecular flexibility index (Phi) is 3.12. The van der Waals surface area contributed by atoms with Crippen molar-refractivity contribution >= 4 is 27.8 Å². The average Bonchev–Trinajstić information content (AvgIpc) is 2.82. The number of carboxylic acid groups (broad SMARTS) is 1. The fourth-order valence-corrected chi connectivity index (χ4v) is 2.44. The second kappa shape index (κ2) is 4.94. The molecule has 0 saturated carbocycles. The molecular formula is C15H15N3O2. The van der Waals surface area contributed by atoms with Gasteiger partial charge >= 0.3 is 5.97 Å². The first-order chi connectivity index (χ1) is 9.65. The van der Waals surface area contributed by atoms with Crippen molar-refractivity contribution in [1.29, 1.82) is 0 Å². The summed E-state index contributed by atoms with van der Waals surface area (Å²) in [4.78, 5) is 18.0. The first-order valence-electron chi connectivity index (χ1n) is 6.48. The molecule has 0 aliphatic heterocycles. The third-order valence-corrected chi connectivity index (χ3v) is 3.52. The van der Waals surface area contributed by atoms with Gasteiger partial charge in [0.15, 0.2) is 0 Å². The molecule has 20 heavy (non-hydrogen) atoms. The van der Waals surface area contributed by atoms with Crippen molar-refractivity contribution in [3.63, 3.8) is 0 Å². The van der Waals surface area contributed by atoms with E-state index in [0.29, 0.717) is 6.42 Å². The van der Waals surface area contributed by atoms with E-state index in [1.54, 1.807) is 12.4 Å². The average molecular weight is 269 g/mol. The summed E-state index contributed by atoms with van der Waals surface area (Å²) in [6.07, 6.45) is 4.06. The zero-order valence-electron chi connectivity index (χ0n) is 10.8. The minimum Gasteiger partial charge on any atom is -0.481 e. The summed E-state index contributed by atoms with van der Waals surface area (Å²) in [6.45, 7) is 0. The van der Waals surface area contributed by atoms with Crippen LogP contribution in [0.25, 0.3) is 21.8 Å². The van der Waals surface area contributed by atoms with Gasteiger partial charge in [-0.1, -0.05) is 6.07 Å². The normalized spacial score (nSPS) is 12.8. The molecule has 1 unspecified atom stereocenters. The fourth-order valence-electron chi connectivity index (χ4n) is 2.44. The van der Waals surface area contributed by atoms with Gasteiger partial charge in [0.1, 0.15) is 0 Å². The Morgan fingerprint density at radius 2 is 2.15 bits per heavy atom. The molecule has 0 saturated heterocycles. The molecule has 5 heteroatoms. The SMILES string of the molecule is NC(CCC(=O)O)c1ccc2[nH]c3cnccc3c2c1. The fraction of sp³-hybridized carbons (Fsp3) is 0.200. The zero-order valence-corrected chi connectivity index (χ0v) is 10.8. The number of rotatable bonds is 4. The van der Waals surface area contributed by atoms with Crippen molar-refractivity contribution in [2.75, 3.05) is 0 Å². The molecular weight excluding hydrogens is 254 g/mol. The van der Waals surface area contributed by atoms with Gasteiger partial charge in [-0.15, -0.1) is 0 Å². The lowest BCUT2D eigenvalue weighted by atomic mass is 10.0. The summed E-state index contributed by atoms with van der Waals surface area (Å²) >= 11 is 0. The van der Waals surface area contributed by atoms with E-state index in [4.69, 9.17) is 10.8 Å². The van der Waals surface area contributed by atoms with E-state index in [9.17, 15) is 4.79 Å². The number of nitrogens with zero attached hydrogens (tertiary/aromatic N) is 1. The lowest BCUT2D eigenvalue weighted by molar-refractivity contribution is -0.137. The molecule has 0 amide bonds. The van der Waals surface area contributed by atoms with Crippen LogP contribution < -0.4 is 5.73 Å². The van der Waals surface area contributed by atoms with Crippen molar-refractivity contribution in [3.8, 4) is 0 Å². The number of aliphatic carboxylic acids is 1. The number of benzene rings is 1. The second-order valence-corrected chi connectivity index (χ2v) is 4.89. The largest absolute Gasteiger partial charge is 0.481 e. The molecule has 1 aromatic carbocycles. The number of hydrogen-bond acceptors (Lipinski definition) is 3. The number of nitrogens with one attached hydrogen (secondary N) is 1. The van der Waals surface area contributed by atoms with Crippen molar-refractivity contribution in [1.82, 2.24) is 9.97 Å². The van der Waals surface area contributed by atoms with Crippen LogP contribution in [0.2, 0.25) is 0 Å². The number of hydrogen-bond donors (Lipinski definition) is 3. The Hall–Kier alpha value is -2.40. The molecule has 0 bridgehead atoms. The van der Waals surface area contributed by atoms with E-state index in [1.807, 2.05) is 24.3 Å². The highest BCUT2D eigenvalue weighted by atomic mass is 16.4. The minimum absolute atomic E-state index is 0.0804. The van der Waals surface area contributed by atoms with Crippen molar-refractivity contribution in [2.45, 2.75) is 18.9 Å². The van der Waals surface area contributed by atoms with E-state index in [1.165, 1.54) is 0 Å². The van der Waals surface area contributed by atoms with Crippen molar-refractivity contribution in [2.24, 2.45) is 5.73 Å². The lowest BCUT2D eigenvalue weighted by Gasteiger charge is -2.10. The highest BCUT2D eigenvalue weighted by Gasteiger charge is 2.11. The maximum atomic E-state index is 10.6. The molecule has 2 heterocycles. The third kappa shape index (κ3) is 2.23. The highest BCUT2D eigenvalue weighted by molar-refractivity contribution is 6.07. The number of nitrogens with two attached hydrogens (primary N) is 1. The van der Waals surface area contributed by atoms with Crippen LogP contribution in [0, 0.1) is 0 Å². The highest BCUT2D eigenvalue weighted by Crippen LogP contribution is 2.27.